The third-order valence-electron chi connectivity index (χ3n) is 15.3. The van der Waals surface area contributed by atoms with Crippen molar-refractivity contribution in [2.45, 2.75) is 360 Å². The summed E-state index contributed by atoms with van der Waals surface area (Å²) < 4.78 is 5.45. The number of hydrogen-bond donors (Lipinski definition) is 3. The van der Waals surface area contributed by atoms with Crippen molar-refractivity contribution in [3.8, 4) is 0 Å². The fraction of sp³-hybridized carbons (Fsp3) is 0.829. The topological polar surface area (TPSA) is 95.9 Å². The van der Waals surface area contributed by atoms with E-state index in [4.69, 9.17) is 4.74 Å². The van der Waals surface area contributed by atoms with E-state index in [0.717, 1.165) is 89.9 Å². The van der Waals surface area contributed by atoms with Crippen LogP contribution >= 0.6 is 0 Å². The number of carbonyl (C=O) groups is 2. The van der Waals surface area contributed by atoms with E-state index in [1.54, 1.807) is 6.08 Å². The van der Waals surface area contributed by atoms with E-state index in [1.807, 2.05) is 6.08 Å². The number of rotatable bonds is 62. The maximum Gasteiger partial charge on any atom is 0.305 e. The molecular weight excluding hydrogens is 935 g/mol. The number of ether oxygens (including phenoxy) is 1. The minimum atomic E-state index is -0.855. The molecule has 0 heterocycles. The van der Waals surface area contributed by atoms with Crippen molar-refractivity contribution in [2.75, 3.05) is 13.2 Å². The summed E-state index contributed by atoms with van der Waals surface area (Å²) in [6.45, 7) is 4.85. The SMILES string of the molecule is CCCCC/C=C\C/C=C\CCCCCCCC(=O)OCCCCC/C=C\C=C/CCCCCCCCCCCCC(=O)NC(CO)C(O)/C=C/CCCCCCCCCCCCCCCCCCCCCCCCC. The lowest BCUT2D eigenvalue weighted by Gasteiger charge is -2.20. The predicted octanol–water partition coefficient (Wildman–Crippen LogP) is 21.5. The molecule has 0 fully saturated rings. The Bertz CT molecular complexity index is 1320. The van der Waals surface area contributed by atoms with Gasteiger partial charge in [-0.3, -0.25) is 9.59 Å². The van der Waals surface area contributed by atoms with E-state index in [1.165, 1.54) is 231 Å². The second kappa shape index (κ2) is 65.1. The van der Waals surface area contributed by atoms with E-state index in [2.05, 4.69) is 67.8 Å². The zero-order chi connectivity index (χ0) is 55.0. The number of hydrogen-bond acceptors (Lipinski definition) is 5. The van der Waals surface area contributed by atoms with Crippen molar-refractivity contribution in [3.63, 3.8) is 0 Å². The number of aliphatic hydroxyl groups is 2. The fourth-order valence-corrected chi connectivity index (χ4v) is 10.1. The summed E-state index contributed by atoms with van der Waals surface area (Å²) >= 11 is 0. The molecule has 0 spiro atoms. The van der Waals surface area contributed by atoms with Crippen LogP contribution in [0.1, 0.15) is 348 Å². The minimum absolute atomic E-state index is 0.0282. The molecule has 3 N–H and O–H groups in total. The largest absolute Gasteiger partial charge is 0.466 e. The molecule has 0 saturated carbocycles. The first-order valence-electron chi connectivity index (χ1n) is 33.6. The normalized spacial score (nSPS) is 12.9. The van der Waals surface area contributed by atoms with Gasteiger partial charge in [0, 0.05) is 12.8 Å². The third kappa shape index (κ3) is 60.8. The molecule has 0 saturated heterocycles. The van der Waals surface area contributed by atoms with Gasteiger partial charge in [-0.2, -0.15) is 0 Å². The van der Waals surface area contributed by atoms with Crippen LogP contribution in [0.3, 0.4) is 0 Å². The summed E-state index contributed by atoms with van der Waals surface area (Å²) in [6.07, 6.45) is 85.6. The molecular formula is C70H129NO5. The first-order valence-corrected chi connectivity index (χ1v) is 33.6. The van der Waals surface area contributed by atoms with Gasteiger partial charge in [-0.25, -0.2) is 0 Å². The average Bonchev–Trinajstić information content (AvgIpc) is 3.42. The van der Waals surface area contributed by atoms with Gasteiger partial charge >= 0.3 is 5.97 Å². The van der Waals surface area contributed by atoms with Gasteiger partial charge in [0.05, 0.1) is 25.4 Å². The van der Waals surface area contributed by atoms with Gasteiger partial charge in [0.1, 0.15) is 0 Å². The summed E-state index contributed by atoms with van der Waals surface area (Å²) in [5.74, 6) is -0.104. The zero-order valence-electron chi connectivity index (χ0n) is 50.7. The number of amides is 1. The molecule has 444 valence electrons. The molecule has 6 nitrogen and oxygen atoms in total. The number of esters is 1. The Labute approximate surface area is 473 Å². The summed E-state index contributed by atoms with van der Waals surface area (Å²) in [5, 5.41) is 23.3. The number of carbonyl (C=O) groups excluding carboxylic acids is 2. The summed E-state index contributed by atoms with van der Waals surface area (Å²) in [6, 6.07) is -0.639. The molecule has 0 aromatic carbocycles. The zero-order valence-corrected chi connectivity index (χ0v) is 50.7. The van der Waals surface area contributed by atoms with Gasteiger partial charge in [-0.1, -0.05) is 299 Å². The predicted molar refractivity (Wildman–Crippen MR) is 333 cm³/mol. The molecule has 0 aromatic rings. The Morgan fingerprint density at radius 1 is 0.382 bits per heavy atom. The van der Waals surface area contributed by atoms with Crippen molar-refractivity contribution in [2.24, 2.45) is 0 Å². The Hall–Kier alpha value is -2.44. The number of nitrogens with one attached hydrogen (secondary N) is 1. The Morgan fingerprint density at radius 3 is 1.11 bits per heavy atom. The summed E-state index contributed by atoms with van der Waals surface area (Å²) in [4.78, 5) is 24.6. The van der Waals surface area contributed by atoms with Crippen LogP contribution < -0.4 is 5.32 Å². The van der Waals surface area contributed by atoms with Crippen molar-refractivity contribution in [1.82, 2.24) is 5.32 Å². The van der Waals surface area contributed by atoms with E-state index in [0.29, 0.717) is 19.4 Å². The number of unbranched alkanes of at least 4 members (excludes halogenated alkanes) is 44. The molecule has 0 rings (SSSR count). The highest BCUT2D eigenvalue weighted by molar-refractivity contribution is 5.76. The molecule has 76 heavy (non-hydrogen) atoms. The molecule has 0 radical (unpaired) electrons. The van der Waals surface area contributed by atoms with Crippen LogP contribution in [0.25, 0.3) is 0 Å². The Morgan fingerprint density at radius 2 is 0.697 bits per heavy atom. The van der Waals surface area contributed by atoms with Gasteiger partial charge in [-0.05, 0) is 96.3 Å². The lowest BCUT2D eigenvalue weighted by molar-refractivity contribution is -0.143. The van der Waals surface area contributed by atoms with Crippen molar-refractivity contribution < 1.29 is 24.5 Å². The molecule has 0 bridgehead atoms. The fourth-order valence-electron chi connectivity index (χ4n) is 10.1. The molecule has 0 aliphatic carbocycles. The van der Waals surface area contributed by atoms with E-state index >= 15 is 0 Å². The summed E-state index contributed by atoms with van der Waals surface area (Å²) in [5.41, 5.74) is 0. The van der Waals surface area contributed by atoms with E-state index < -0.39 is 12.1 Å². The van der Waals surface area contributed by atoms with Gasteiger partial charge in [-0.15, -0.1) is 0 Å². The molecule has 0 aromatic heterocycles. The molecule has 2 unspecified atom stereocenters. The average molecular weight is 1060 g/mol. The third-order valence-corrected chi connectivity index (χ3v) is 15.3. The maximum atomic E-state index is 12.5. The van der Waals surface area contributed by atoms with Gasteiger partial charge in [0.2, 0.25) is 5.91 Å². The van der Waals surface area contributed by atoms with Crippen LogP contribution in [0.4, 0.5) is 0 Å². The minimum Gasteiger partial charge on any atom is -0.466 e. The highest BCUT2D eigenvalue weighted by Gasteiger charge is 2.18. The second-order valence-electron chi connectivity index (χ2n) is 22.8. The lowest BCUT2D eigenvalue weighted by Crippen LogP contribution is -2.45. The van der Waals surface area contributed by atoms with Crippen molar-refractivity contribution >= 4 is 11.9 Å². The maximum absolute atomic E-state index is 12.5. The first-order chi connectivity index (χ1) is 37.5. The summed E-state index contributed by atoms with van der Waals surface area (Å²) in [7, 11) is 0. The molecule has 0 aliphatic rings. The van der Waals surface area contributed by atoms with Crippen molar-refractivity contribution in [3.05, 3.63) is 60.8 Å². The Balaban J connectivity index is 3.51. The molecule has 6 heteroatoms. The van der Waals surface area contributed by atoms with Gasteiger partial charge in [0.25, 0.3) is 0 Å². The smallest absolute Gasteiger partial charge is 0.305 e. The highest BCUT2D eigenvalue weighted by Crippen LogP contribution is 2.17. The van der Waals surface area contributed by atoms with E-state index in [9.17, 15) is 19.8 Å². The van der Waals surface area contributed by atoms with Crippen LogP contribution in [-0.4, -0.2) is 47.4 Å². The van der Waals surface area contributed by atoms with Crippen LogP contribution in [0.15, 0.2) is 60.8 Å². The van der Waals surface area contributed by atoms with Gasteiger partial charge < -0.3 is 20.3 Å². The molecule has 1 amide bonds. The quantitative estimate of drug-likeness (QED) is 0.0244. The van der Waals surface area contributed by atoms with Crippen LogP contribution in [0.5, 0.6) is 0 Å². The number of aliphatic hydroxyl groups excluding tert-OH is 2. The Kier molecular flexibility index (Phi) is 63.0. The highest BCUT2D eigenvalue weighted by atomic mass is 16.5. The molecule has 0 aliphatic heterocycles. The van der Waals surface area contributed by atoms with E-state index in [-0.39, 0.29) is 18.5 Å². The first kappa shape index (κ1) is 73.6. The number of allylic oxidation sites excluding steroid dienone is 9. The van der Waals surface area contributed by atoms with Crippen LogP contribution in [-0.2, 0) is 14.3 Å². The van der Waals surface area contributed by atoms with Crippen LogP contribution in [0.2, 0.25) is 0 Å². The lowest BCUT2D eigenvalue weighted by atomic mass is 10.0. The second-order valence-corrected chi connectivity index (χ2v) is 22.8. The standard InChI is InChI=1S/C70H129NO5/c1-3-5-7-9-11-13-15-17-19-20-21-22-23-24-25-26-28-31-35-38-42-46-50-54-58-62-68(73)67(66-72)71-69(74)63-59-55-51-47-43-39-36-32-29-27-30-33-37-41-45-49-53-57-61-65-76-70(75)64-60-56-52-48-44-40-34-18-16-14-12-10-8-6-4-2/h12,14,18,33-34,37,41,45,58,62,67-68,72-73H,3-11,13,15-17,19-32,35-36,38-40,42-44,46-57,59-61,63-66H2,1-2H3,(H,71,74)/b14-12-,34-18-,37-33-,45-41-,62-58+. The van der Waals surface area contributed by atoms with Crippen molar-refractivity contribution in [1.29, 1.82) is 0 Å². The van der Waals surface area contributed by atoms with Gasteiger partial charge in [0.15, 0.2) is 0 Å². The van der Waals surface area contributed by atoms with Crippen LogP contribution in [0, 0.1) is 0 Å². The molecule has 2 atom stereocenters. The monoisotopic (exact) mass is 1060 g/mol.